The van der Waals surface area contributed by atoms with Crippen LogP contribution in [0.2, 0.25) is 0 Å². The lowest BCUT2D eigenvalue weighted by atomic mass is 10.0. The van der Waals surface area contributed by atoms with Crippen molar-refractivity contribution in [3.8, 4) is 5.75 Å². The van der Waals surface area contributed by atoms with Crippen molar-refractivity contribution in [2.24, 2.45) is 0 Å². The molecular weight excluding hydrogens is 250 g/mol. The van der Waals surface area contributed by atoms with Crippen LogP contribution in [0.15, 0.2) is 36.4 Å². The zero-order chi connectivity index (χ0) is 14.5. The Labute approximate surface area is 119 Å². The first-order valence-electron chi connectivity index (χ1n) is 7.10. The van der Waals surface area contributed by atoms with Gasteiger partial charge in [-0.1, -0.05) is 44.0 Å². The largest absolute Gasteiger partial charge is 0.507 e. The summed E-state index contributed by atoms with van der Waals surface area (Å²) in [5.74, 6) is -0.0691. The van der Waals surface area contributed by atoms with E-state index in [1.807, 2.05) is 24.3 Å². The van der Waals surface area contributed by atoms with E-state index >= 15 is 0 Å². The number of hydrogen-bond acceptors (Lipinski definition) is 2. The molecule has 2 aromatic rings. The van der Waals surface area contributed by atoms with Gasteiger partial charge in [0.15, 0.2) is 0 Å². The van der Waals surface area contributed by atoms with Gasteiger partial charge in [-0.3, -0.25) is 4.79 Å². The molecule has 0 bridgehead atoms. The van der Waals surface area contributed by atoms with Gasteiger partial charge in [0.1, 0.15) is 5.75 Å². The van der Waals surface area contributed by atoms with E-state index < -0.39 is 0 Å². The fourth-order valence-electron chi connectivity index (χ4n) is 2.31. The number of rotatable bonds is 5. The summed E-state index contributed by atoms with van der Waals surface area (Å²) in [4.78, 5) is 14.0. The molecule has 0 atom stereocenters. The quantitative estimate of drug-likeness (QED) is 0.840. The van der Waals surface area contributed by atoms with Gasteiger partial charge in [-0.25, -0.2) is 0 Å². The molecule has 2 aromatic carbocycles. The molecule has 0 saturated heterocycles. The molecule has 1 N–H and O–H groups in total. The highest BCUT2D eigenvalue weighted by molar-refractivity contribution is 6.01. The third kappa shape index (κ3) is 3.10. The topological polar surface area (TPSA) is 40.5 Å². The zero-order valence-electron chi connectivity index (χ0n) is 12.1. The van der Waals surface area contributed by atoms with Gasteiger partial charge in [0.25, 0.3) is 5.91 Å². The van der Waals surface area contributed by atoms with E-state index in [1.165, 1.54) is 0 Å². The van der Waals surface area contributed by atoms with Crippen molar-refractivity contribution in [2.45, 2.75) is 26.2 Å². The first-order valence-corrected chi connectivity index (χ1v) is 7.10. The average Bonchev–Trinajstić information content (AvgIpc) is 2.46. The van der Waals surface area contributed by atoms with Crippen LogP contribution in [0.5, 0.6) is 5.75 Å². The molecule has 0 aliphatic heterocycles. The molecule has 0 aliphatic carbocycles. The van der Waals surface area contributed by atoms with Gasteiger partial charge in [-0.05, 0) is 29.3 Å². The normalized spacial score (nSPS) is 10.7. The molecule has 0 fully saturated rings. The smallest absolute Gasteiger partial charge is 0.257 e. The van der Waals surface area contributed by atoms with Crippen LogP contribution in [0.4, 0.5) is 0 Å². The van der Waals surface area contributed by atoms with Crippen molar-refractivity contribution in [1.82, 2.24) is 4.90 Å². The molecule has 3 heteroatoms. The highest BCUT2D eigenvalue weighted by atomic mass is 16.3. The number of phenols is 1. The van der Waals surface area contributed by atoms with Crippen molar-refractivity contribution >= 4 is 16.7 Å². The average molecular weight is 271 g/mol. The summed E-state index contributed by atoms with van der Waals surface area (Å²) in [7, 11) is 1.78. The third-order valence-electron chi connectivity index (χ3n) is 3.54. The van der Waals surface area contributed by atoms with E-state index in [1.54, 1.807) is 24.1 Å². The first kappa shape index (κ1) is 14.4. The number of benzene rings is 2. The zero-order valence-corrected chi connectivity index (χ0v) is 12.1. The second-order valence-corrected chi connectivity index (χ2v) is 5.15. The minimum Gasteiger partial charge on any atom is -0.507 e. The second kappa shape index (κ2) is 6.42. The van der Waals surface area contributed by atoms with Crippen LogP contribution in [0, 0.1) is 0 Å². The monoisotopic (exact) mass is 271 g/mol. The van der Waals surface area contributed by atoms with Crippen molar-refractivity contribution in [1.29, 1.82) is 0 Å². The number of unbranched alkanes of at least 4 members (excludes halogenated alkanes) is 2. The van der Waals surface area contributed by atoms with Gasteiger partial charge in [0, 0.05) is 13.6 Å². The minimum atomic E-state index is -0.121. The summed E-state index contributed by atoms with van der Waals surface area (Å²) in [6, 6.07) is 11.1. The molecule has 0 aliphatic rings. The van der Waals surface area contributed by atoms with Gasteiger partial charge < -0.3 is 10.0 Å². The van der Waals surface area contributed by atoms with E-state index in [0.29, 0.717) is 5.56 Å². The fourth-order valence-corrected chi connectivity index (χ4v) is 2.31. The van der Waals surface area contributed by atoms with Crippen LogP contribution in [0.1, 0.15) is 36.5 Å². The summed E-state index contributed by atoms with van der Waals surface area (Å²) in [6.07, 6.45) is 3.23. The minimum absolute atomic E-state index is 0.0519. The molecule has 0 spiro atoms. The molecule has 2 rings (SSSR count). The Kier molecular flexibility index (Phi) is 4.61. The van der Waals surface area contributed by atoms with Crippen molar-refractivity contribution in [3.05, 3.63) is 42.0 Å². The number of amides is 1. The predicted octanol–water partition coefficient (Wildman–Crippen LogP) is 3.81. The number of carbonyl (C=O) groups excluding carboxylic acids is 1. The Morgan fingerprint density at radius 2 is 1.80 bits per heavy atom. The maximum atomic E-state index is 12.4. The first-order chi connectivity index (χ1) is 9.63. The van der Waals surface area contributed by atoms with Crippen LogP contribution in [0.3, 0.4) is 0 Å². The lowest BCUT2D eigenvalue weighted by molar-refractivity contribution is 0.0790. The molecule has 1 amide bonds. The van der Waals surface area contributed by atoms with Crippen molar-refractivity contribution in [3.63, 3.8) is 0 Å². The lowest BCUT2D eigenvalue weighted by Crippen LogP contribution is -2.27. The fraction of sp³-hybridized carbons (Fsp3) is 0.353. The molecule has 20 heavy (non-hydrogen) atoms. The van der Waals surface area contributed by atoms with Gasteiger partial charge in [-0.2, -0.15) is 0 Å². The number of aromatic hydroxyl groups is 1. The lowest BCUT2D eigenvalue weighted by Gasteiger charge is -2.18. The molecule has 0 unspecified atom stereocenters. The van der Waals surface area contributed by atoms with Crippen LogP contribution >= 0.6 is 0 Å². The Hall–Kier alpha value is -2.03. The van der Waals surface area contributed by atoms with Crippen LogP contribution in [-0.2, 0) is 0 Å². The molecule has 3 nitrogen and oxygen atoms in total. The van der Waals surface area contributed by atoms with Crippen LogP contribution in [-0.4, -0.2) is 29.5 Å². The van der Waals surface area contributed by atoms with E-state index in [2.05, 4.69) is 6.92 Å². The molecule has 0 heterocycles. The van der Waals surface area contributed by atoms with E-state index in [9.17, 15) is 9.90 Å². The highest BCUT2D eigenvalue weighted by Crippen LogP contribution is 2.25. The standard InChI is InChI=1S/C17H21NO2/c1-3-4-7-10-18(2)17(20)15-11-13-8-5-6-9-14(13)12-16(15)19/h5-6,8-9,11-12,19H,3-4,7,10H2,1-2H3. The number of fused-ring (bicyclic) bond motifs is 1. The Morgan fingerprint density at radius 3 is 2.45 bits per heavy atom. The Bertz CT molecular complexity index is 607. The Balaban J connectivity index is 2.23. The van der Waals surface area contributed by atoms with Crippen molar-refractivity contribution in [2.75, 3.05) is 13.6 Å². The summed E-state index contributed by atoms with van der Waals surface area (Å²) in [5.41, 5.74) is 0.377. The van der Waals surface area contributed by atoms with Crippen LogP contribution in [0.25, 0.3) is 10.8 Å². The van der Waals surface area contributed by atoms with Crippen LogP contribution < -0.4 is 0 Å². The maximum absolute atomic E-state index is 12.4. The summed E-state index contributed by atoms with van der Waals surface area (Å²) in [5, 5.41) is 12.0. The molecule has 0 saturated carbocycles. The van der Waals surface area contributed by atoms with Gasteiger partial charge in [-0.15, -0.1) is 0 Å². The van der Waals surface area contributed by atoms with Gasteiger partial charge in [0.05, 0.1) is 5.56 Å². The number of carbonyl (C=O) groups is 1. The molecular formula is C17H21NO2. The predicted molar refractivity (Wildman–Crippen MR) is 82.1 cm³/mol. The van der Waals surface area contributed by atoms with E-state index in [-0.39, 0.29) is 11.7 Å². The maximum Gasteiger partial charge on any atom is 0.257 e. The summed E-state index contributed by atoms with van der Waals surface area (Å²) < 4.78 is 0. The van der Waals surface area contributed by atoms with Gasteiger partial charge >= 0.3 is 0 Å². The summed E-state index contributed by atoms with van der Waals surface area (Å²) in [6.45, 7) is 2.86. The van der Waals surface area contributed by atoms with E-state index in [0.717, 1.165) is 36.6 Å². The number of nitrogens with zero attached hydrogens (tertiary/aromatic N) is 1. The molecule has 0 aromatic heterocycles. The second-order valence-electron chi connectivity index (χ2n) is 5.15. The van der Waals surface area contributed by atoms with Crippen molar-refractivity contribution < 1.29 is 9.90 Å². The Morgan fingerprint density at radius 1 is 1.15 bits per heavy atom. The number of hydrogen-bond donors (Lipinski definition) is 1. The molecule has 0 radical (unpaired) electrons. The molecule has 106 valence electrons. The highest BCUT2D eigenvalue weighted by Gasteiger charge is 2.16. The third-order valence-corrected chi connectivity index (χ3v) is 3.54. The van der Waals surface area contributed by atoms with E-state index in [4.69, 9.17) is 0 Å². The SMILES string of the molecule is CCCCCN(C)C(=O)c1cc2ccccc2cc1O. The van der Waals surface area contributed by atoms with Gasteiger partial charge in [0.2, 0.25) is 0 Å². The number of phenolic OH excluding ortho intramolecular Hbond substituents is 1. The summed E-state index contributed by atoms with van der Waals surface area (Å²) >= 11 is 0.